The molecule has 0 aliphatic heterocycles. The Bertz CT molecular complexity index is 337. The van der Waals surface area contributed by atoms with Crippen LogP contribution in [-0.2, 0) is 0 Å². The lowest BCUT2D eigenvalue weighted by atomic mass is 10.3. The van der Waals surface area contributed by atoms with Crippen molar-refractivity contribution in [1.29, 1.82) is 0 Å². The van der Waals surface area contributed by atoms with Crippen LogP contribution in [0.1, 0.15) is 0 Å². The summed E-state index contributed by atoms with van der Waals surface area (Å²) in [4.78, 5) is 9.89. The van der Waals surface area contributed by atoms with E-state index in [0.717, 1.165) is 0 Å². The molecule has 13 heavy (non-hydrogen) atoms. The molecule has 0 heterocycles. The fourth-order valence-electron chi connectivity index (χ4n) is 0.797. The minimum absolute atomic E-state index is 0.0244. The molecule has 0 atom stereocenters. The molecule has 0 saturated heterocycles. The summed E-state index contributed by atoms with van der Waals surface area (Å²) in [6, 6.07) is 6.04. The van der Waals surface area contributed by atoms with E-state index in [9.17, 15) is 10.1 Å². The van der Waals surface area contributed by atoms with E-state index in [0.29, 0.717) is 5.69 Å². The molecule has 0 aliphatic rings. The van der Waals surface area contributed by atoms with Gasteiger partial charge >= 0.3 is 0 Å². The van der Waals surface area contributed by atoms with Crippen molar-refractivity contribution >= 4 is 11.4 Å². The summed E-state index contributed by atoms with van der Waals surface area (Å²) in [5.41, 5.74) is 3.11. The normalized spacial score (nSPS) is 10.2. The van der Waals surface area contributed by atoms with E-state index in [1.54, 1.807) is 12.1 Å². The van der Waals surface area contributed by atoms with Crippen LogP contribution in [0.2, 0.25) is 0 Å². The van der Waals surface area contributed by atoms with Crippen molar-refractivity contribution in [2.75, 3.05) is 12.5 Å². The maximum absolute atomic E-state index is 10.4. The van der Waals surface area contributed by atoms with E-state index in [4.69, 9.17) is 0 Å². The molecule has 0 saturated carbocycles. The first-order chi connectivity index (χ1) is 6.24. The van der Waals surface area contributed by atoms with Crippen LogP contribution in [0.25, 0.3) is 0 Å². The second kappa shape index (κ2) is 4.15. The highest BCUT2D eigenvalue weighted by atomic mass is 16.6. The summed E-state index contributed by atoms with van der Waals surface area (Å²) >= 11 is 0. The summed E-state index contributed by atoms with van der Waals surface area (Å²) in [7, 11) is 1.50. The Morgan fingerprint density at radius 3 is 2.92 bits per heavy atom. The van der Waals surface area contributed by atoms with Gasteiger partial charge in [0.15, 0.2) is 0 Å². The zero-order valence-corrected chi connectivity index (χ0v) is 6.97. The highest BCUT2D eigenvalue weighted by molar-refractivity contribution is 5.50. The molecule has 0 radical (unpaired) electrons. The average molecular weight is 180 g/mol. The summed E-state index contributed by atoms with van der Waals surface area (Å²) in [5, 5.41) is 17.3. The van der Waals surface area contributed by atoms with Gasteiger partial charge in [-0.25, -0.2) is 0 Å². The van der Waals surface area contributed by atoms with E-state index in [2.05, 4.69) is 15.8 Å². The van der Waals surface area contributed by atoms with Crippen molar-refractivity contribution in [3.8, 4) is 0 Å². The van der Waals surface area contributed by atoms with E-state index < -0.39 is 4.92 Å². The lowest BCUT2D eigenvalue weighted by Gasteiger charge is -1.97. The number of hydrogen-bond acceptors (Lipinski definition) is 4. The van der Waals surface area contributed by atoms with Crippen LogP contribution in [0.5, 0.6) is 0 Å². The Morgan fingerprint density at radius 1 is 1.54 bits per heavy atom. The number of nitrogens with zero attached hydrogens (tertiary/aromatic N) is 3. The van der Waals surface area contributed by atoms with Crippen LogP contribution >= 0.6 is 0 Å². The number of nitro benzene ring substituents is 1. The van der Waals surface area contributed by atoms with Crippen molar-refractivity contribution in [2.24, 2.45) is 10.3 Å². The minimum Gasteiger partial charge on any atom is -0.260 e. The first kappa shape index (κ1) is 9.11. The van der Waals surface area contributed by atoms with Gasteiger partial charge in [-0.15, -0.1) is 0 Å². The Morgan fingerprint density at radius 2 is 2.31 bits per heavy atom. The van der Waals surface area contributed by atoms with Gasteiger partial charge in [-0.2, -0.15) is 5.11 Å². The van der Waals surface area contributed by atoms with Crippen molar-refractivity contribution < 1.29 is 4.92 Å². The molecule has 1 N–H and O–H groups in total. The maximum atomic E-state index is 10.4. The number of benzene rings is 1. The third-order valence-corrected chi connectivity index (χ3v) is 1.34. The van der Waals surface area contributed by atoms with Crippen molar-refractivity contribution in [1.82, 2.24) is 0 Å². The number of anilines is 1. The quantitative estimate of drug-likeness (QED) is 0.439. The molecule has 0 amide bonds. The van der Waals surface area contributed by atoms with E-state index in [1.807, 2.05) is 0 Å². The predicted octanol–water partition coefficient (Wildman–Crippen LogP) is 2.00. The molecular weight excluding hydrogens is 172 g/mol. The number of nitro groups is 1. The second-order valence-electron chi connectivity index (χ2n) is 2.22. The maximum Gasteiger partial charge on any atom is 0.271 e. The average Bonchev–Trinajstić information content (AvgIpc) is 2.15. The van der Waals surface area contributed by atoms with Gasteiger partial charge < -0.3 is 0 Å². The van der Waals surface area contributed by atoms with Crippen LogP contribution in [0, 0.1) is 10.1 Å². The standard InChI is InChI=1S/C7H8N4O2/c1-8-10-9-6-3-2-4-7(5-6)11(12)13/h2-5H,1H3,(H,8,9). The van der Waals surface area contributed by atoms with E-state index in [1.165, 1.54) is 19.2 Å². The highest BCUT2D eigenvalue weighted by Crippen LogP contribution is 2.16. The Hall–Kier alpha value is -1.98. The predicted molar refractivity (Wildman–Crippen MR) is 47.5 cm³/mol. The molecule has 1 aromatic carbocycles. The lowest BCUT2D eigenvalue weighted by Crippen LogP contribution is -1.90. The van der Waals surface area contributed by atoms with E-state index in [-0.39, 0.29) is 5.69 Å². The van der Waals surface area contributed by atoms with Crippen LogP contribution in [0.3, 0.4) is 0 Å². The molecule has 6 nitrogen and oxygen atoms in total. The number of non-ortho nitro benzene ring substituents is 1. The SMILES string of the molecule is CN=NNc1cccc([N+](=O)[O-])c1. The van der Waals surface area contributed by atoms with Gasteiger partial charge in [0.2, 0.25) is 0 Å². The molecule has 0 unspecified atom stereocenters. The number of nitrogens with one attached hydrogen (secondary N) is 1. The Labute approximate surface area is 74.4 Å². The van der Waals surface area contributed by atoms with Gasteiger partial charge in [0.1, 0.15) is 0 Å². The van der Waals surface area contributed by atoms with E-state index >= 15 is 0 Å². The van der Waals surface area contributed by atoms with Crippen LogP contribution in [-0.4, -0.2) is 12.0 Å². The summed E-state index contributed by atoms with van der Waals surface area (Å²) in [6.45, 7) is 0. The summed E-state index contributed by atoms with van der Waals surface area (Å²) in [6.07, 6.45) is 0. The van der Waals surface area contributed by atoms with Crippen LogP contribution in [0.15, 0.2) is 34.6 Å². The third kappa shape index (κ3) is 2.51. The first-order valence-corrected chi connectivity index (χ1v) is 3.53. The van der Waals surface area contributed by atoms with Gasteiger partial charge in [-0.05, 0) is 6.07 Å². The number of rotatable bonds is 3. The molecule has 0 aliphatic carbocycles. The van der Waals surface area contributed by atoms with Gasteiger partial charge in [0.25, 0.3) is 5.69 Å². The largest absolute Gasteiger partial charge is 0.271 e. The molecule has 0 bridgehead atoms. The minimum atomic E-state index is -0.464. The molecule has 0 fully saturated rings. The summed E-state index contributed by atoms with van der Waals surface area (Å²) in [5.74, 6) is 0. The molecular formula is C7H8N4O2. The third-order valence-electron chi connectivity index (χ3n) is 1.34. The highest BCUT2D eigenvalue weighted by Gasteiger charge is 2.04. The molecule has 6 heteroatoms. The van der Waals surface area contributed by atoms with Gasteiger partial charge in [-0.1, -0.05) is 11.3 Å². The Kier molecular flexibility index (Phi) is 2.91. The topological polar surface area (TPSA) is 79.9 Å². The molecule has 68 valence electrons. The lowest BCUT2D eigenvalue weighted by molar-refractivity contribution is -0.384. The first-order valence-electron chi connectivity index (χ1n) is 3.53. The monoisotopic (exact) mass is 180 g/mol. The smallest absolute Gasteiger partial charge is 0.260 e. The van der Waals surface area contributed by atoms with Crippen LogP contribution < -0.4 is 5.43 Å². The molecule has 1 rings (SSSR count). The molecule has 1 aromatic rings. The Balaban J connectivity index is 2.85. The van der Waals surface area contributed by atoms with Gasteiger partial charge in [-0.3, -0.25) is 15.5 Å². The fraction of sp³-hybridized carbons (Fsp3) is 0.143. The second-order valence-corrected chi connectivity index (χ2v) is 2.22. The zero-order chi connectivity index (χ0) is 9.68. The molecule has 0 aromatic heterocycles. The van der Waals surface area contributed by atoms with Crippen molar-refractivity contribution in [2.45, 2.75) is 0 Å². The molecule has 0 spiro atoms. The van der Waals surface area contributed by atoms with Gasteiger partial charge in [0.05, 0.1) is 17.7 Å². The van der Waals surface area contributed by atoms with Crippen LogP contribution in [0.4, 0.5) is 11.4 Å². The van der Waals surface area contributed by atoms with Crippen molar-refractivity contribution in [3.63, 3.8) is 0 Å². The number of hydrogen-bond donors (Lipinski definition) is 1. The zero-order valence-electron chi connectivity index (χ0n) is 6.97. The van der Waals surface area contributed by atoms with Gasteiger partial charge in [0, 0.05) is 12.1 Å². The fourth-order valence-corrected chi connectivity index (χ4v) is 0.797. The summed E-state index contributed by atoms with van der Waals surface area (Å²) < 4.78 is 0. The van der Waals surface area contributed by atoms with Crippen molar-refractivity contribution in [3.05, 3.63) is 34.4 Å².